The van der Waals surface area contributed by atoms with Gasteiger partial charge in [-0.2, -0.15) is 0 Å². The van der Waals surface area contributed by atoms with Crippen LogP contribution in [0, 0.1) is 0 Å². The van der Waals surface area contributed by atoms with E-state index in [1.54, 1.807) is 6.08 Å². The number of quaternary nitrogens is 1. The molecule has 3 N–H and O–H groups in total. The van der Waals surface area contributed by atoms with Gasteiger partial charge in [-0.15, -0.1) is 0 Å². The highest BCUT2D eigenvalue weighted by atomic mass is 31.2. The van der Waals surface area contributed by atoms with Crippen LogP contribution in [0.4, 0.5) is 0 Å². The van der Waals surface area contributed by atoms with E-state index in [1.807, 2.05) is 40.2 Å². The van der Waals surface area contributed by atoms with Crippen LogP contribution in [-0.2, 0) is 18.4 Å². The summed E-state index contributed by atoms with van der Waals surface area (Å²) in [6.45, 7) is 4.40. The minimum Gasteiger partial charge on any atom is -0.387 e. The Balaban J connectivity index is 4.04. The van der Waals surface area contributed by atoms with Crippen LogP contribution in [0.2, 0.25) is 0 Å². The molecule has 0 aromatic carbocycles. The molecule has 9 heteroatoms. The second-order valence-electron chi connectivity index (χ2n) is 18.9. The van der Waals surface area contributed by atoms with E-state index in [9.17, 15) is 19.4 Å². The van der Waals surface area contributed by atoms with Gasteiger partial charge in [-0.1, -0.05) is 211 Å². The zero-order chi connectivity index (χ0) is 51.3. The fourth-order valence-electron chi connectivity index (χ4n) is 6.89. The molecule has 0 bridgehead atoms. The highest BCUT2D eigenvalue weighted by Gasteiger charge is 2.27. The van der Waals surface area contributed by atoms with Crippen molar-refractivity contribution in [2.75, 3.05) is 40.9 Å². The molecule has 0 heterocycles. The molecule has 0 saturated heterocycles. The number of aliphatic hydroxyl groups excluding tert-OH is 1. The van der Waals surface area contributed by atoms with E-state index >= 15 is 0 Å². The van der Waals surface area contributed by atoms with Gasteiger partial charge in [0.2, 0.25) is 5.91 Å². The van der Waals surface area contributed by atoms with Gasteiger partial charge in [-0.05, 0) is 110 Å². The van der Waals surface area contributed by atoms with Crippen LogP contribution in [0.3, 0.4) is 0 Å². The Morgan fingerprint density at radius 2 is 0.886 bits per heavy atom. The molecule has 396 valence electrons. The Bertz CT molecular complexity index is 1640. The highest BCUT2D eigenvalue weighted by Crippen LogP contribution is 2.43. The Hall–Kier alpha value is -3.62. The third-order valence-electron chi connectivity index (χ3n) is 11.1. The van der Waals surface area contributed by atoms with Crippen LogP contribution < -0.4 is 5.32 Å². The van der Waals surface area contributed by atoms with E-state index in [2.05, 4.69) is 140 Å². The fourth-order valence-corrected chi connectivity index (χ4v) is 7.63. The van der Waals surface area contributed by atoms with Gasteiger partial charge < -0.3 is 19.8 Å². The zero-order valence-electron chi connectivity index (χ0n) is 44.9. The molecular weight excluding hydrogens is 888 g/mol. The number of phosphoric ester groups is 1. The van der Waals surface area contributed by atoms with E-state index < -0.39 is 20.0 Å². The number of nitrogens with one attached hydrogen (secondary N) is 1. The minimum absolute atomic E-state index is 0.0455. The molecule has 3 unspecified atom stereocenters. The lowest BCUT2D eigenvalue weighted by Crippen LogP contribution is -2.45. The minimum atomic E-state index is -4.36. The normalized spacial score (nSPS) is 15.1. The molecule has 0 aromatic heterocycles. The molecule has 3 atom stereocenters. The highest BCUT2D eigenvalue weighted by molar-refractivity contribution is 7.47. The smallest absolute Gasteiger partial charge is 0.387 e. The third kappa shape index (κ3) is 52.2. The monoisotopic (exact) mass is 990 g/mol. The molecule has 1 amide bonds. The second kappa shape index (κ2) is 50.3. The quantitative estimate of drug-likeness (QED) is 0.0243. The van der Waals surface area contributed by atoms with Gasteiger partial charge in [-0.25, -0.2) is 4.57 Å². The van der Waals surface area contributed by atoms with Gasteiger partial charge in [0, 0.05) is 6.42 Å². The van der Waals surface area contributed by atoms with Crippen LogP contribution in [0.1, 0.15) is 181 Å². The zero-order valence-corrected chi connectivity index (χ0v) is 45.8. The number of aliphatic hydroxyl groups is 1. The maximum Gasteiger partial charge on any atom is 0.472 e. The number of likely N-dealkylation sites (N-methyl/N-ethyl adjacent to an activating group) is 1. The fraction of sp³-hybridized carbons (Fsp3) is 0.590. The lowest BCUT2D eigenvalue weighted by molar-refractivity contribution is -0.870. The number of phosphoric acid groups is 1. The first-order valence-electron chi connectivity index (χ1n) is 27.2. The number of amides is 1. The summed E-state index contributed by atoms with van der Waals surface area (Å²) < 4.78 is 23.5. The Labute approximate surface area is 429 Å². The second-order valence-corrected chi connectivity index (χ2v) is 20.3. The van der Waals surface area contributed by atoms with Crippen LogP contribution in [-0.4, -0.2) is 73.4 Å². The van der Waals surface area contributed by atoms with E-state index in [0.717, 1.165) is 109 Å². The van der Waals surface area contributed by atoms with Gasteiger partial charge >= 0.3 is 7.82 Å². The largest absolute Gasteiger partial charge is 0.472 e. The molecule has 8 nitrogen and oxygen atoms in total. The summed E-state index contributed by atoms with van der Waals surface area (Å²) in [5.74, 6) is -0.205. The van der Waals surface area contributed by atoms with Crippen LogP contribution in [0.25, 0.3) is 0 Å². The predicted molar refractivity (Wildman–Crippen MR) is 304 cm³/mol. The maximum absolute atomic E-state index is 12.9. The number of carbonyl (C=O) groups excluding carboxylic acids is 1. The molecule has 0 saturated carbocycles. The van der Waals surface area contributed by atoms with E-state index in [-0.39, 0.29) is 19.1 Å². The van der Waals surface area contributed by atoms with Crippen molar-refractivity contribution in [1.82, 2.24) is 5.32 Å². The van der Waals surface area contributed by atoms with Crippen LogP contribution in [0.15, 0.2) is 146 Å². The van der Waals surface area contributed by atoms with Gasteiger partial charge in [0.15, 0.2) is 0 Å². The van der Waals surface area contributed by atoms with Gasteiger partial charge in [-0.3, -0.25) is 13.8 Å². The Morgan fingerprint density at radius 3 is 1.31 bits per heavy atom. The summed E-state index contributed by atoms with van der Waals surface area (Å²) in [6.07, 6.45) is 78.4. The van der Waals surface area contributed by atoms with E-state index in [0.29, 0.717) is 17.4 Å². The van der Waals surface area contributed by atoms with Gasteiger partial charge in [0.25, 0.3) is 0 Å². The Morgan fingerprint density at radius 1 is 0.514 bits per heavy atom. The van der Waals surface area contributed by atoms with Gasteiger partial charge in [0.05, 0.1) is 39.9 Å². The molecule has 0 spiro atoms. The van der Waals surface area contributed by atoms with Crippen molar-refractivity contribution in [2.45, 2.75) is 193 Å². The lowest BCUT2D eigenvalue weighted by atomic mass is 10.0. The molecule has 0 aliphatic carbocycles. The molecule has 0 radical (unpaired) electrons. The summed E-state index contributed by atoms with van der Waals surface area (Å²) in [4.78, 5) is 23.1. The lowest BCUT2D eigenvalue weighted by Gasteiger charge is -2.25. The standard InChI is InChI=1S/C61H101N2O6P/c1-6-8-10-12-14-16-17-18-19-20-21-22-23-24-25-26-27-28-29-30-31-32-33-34-35-36-37-38-39-40-41-42-43-44-45-47-49-51-53-55-61(65)62-59(58-69-70(66,67)68-57-56-63(3,4)5)60(64)54-52-50-48-46-15-13-11-9-7-2/h7-10,14-16,18-19,21-22,24-25,27-28,30-31,33-34,36-37,46,52,54,59-60,64H,6,11-13,17,20,23,26,29,32,35,38-45,47-51,53,55-58H2,1-5H3,(H-,62,65,66,67)/p+1/b9-7+,10-8-,16-14-,19-18-,22-21-,25-24-,28-27-,31-30-,34-33-,37-36-,46-15+,54-52+. The first kappa shape index (κ1) is 66.4. The number of rotatable bonds is 47. The predicted octanol–water partition coefficient (Wildman–Crippen LogP) is 16.5. The van der Waals surface area contributed by atoms with Crippen molar-refractivity contribution >= 4 is 13.7 Å². The van der Waals surface area contributed by atoms with E-state index in [1.165, 1.54) is 51.4 Å². The topological polar surface area (TPSA) is 105 Å². The maximum atomic E-state index is 12.9. The number of nitrogens with zero attached hydrogens (tertiary/aromatic N) is 1. The van der Waals surface area contributed by atoms with E-state index in [4.69, 9.17) is 9.05 Å². The molecule has 70 heavy (non-hydrogen) atoms. The number of hydrogen-bond acceptors (Lipinski definition) is 5. The third-order valence-corrected chi connectivity index (χ3v) is 12.1. The first-order valence-corrected chi connectivity index (χ1v) is 28.7. The van der Waals surface area contributed by atoms with Crippen LogP contribution in [0.5, 0.6) is 0 Å². The van der Waals surface area contributed by atoms with Crippen molar-refractivity contribution in [2.24, 2.45) is 0 Å². The number of hydrogen-bond donors (Lipinski definition) is 3. The van der Waals surface area contributed by atoms with Crippen molar-refractivity contribution in [3.8, 4) is 0 Å². The SMILES string of the molecule is C/C=C/CC/C=C/CC/C=C/C(O)C(COP(=O)(O)OCC[N+](C)(C)C)NC(=O)CCCCCCCCCCCCC/C=C\C/C=C\C/C=C\C/C=C\C/C=C\C/C=C\C/C=C\C/C=C\C/C=C\CC. The number of unbranched alkanes of at least 4 members (excludes halogenated alkanes) is 13. The van der Waals surface area contributed by atoms with Crippen LogP contribution >= 0.6 is 7.82 Å². The van der Waals surface area contributed by atoms with Gasteiger partial charge in [0.1, 0.15) is 13.2 Å². The summed E-state index contributed by atoms with van der Waals surface area (Å²) in [6, 6.07) is -0.879. The Kier molecular flexibility index (Phi) is 47.7. The molecule has 0 aromatic rings. The molecule has 0 fully saturated rings. The average Bonchev–Trinajstić information content (AvgIpc) is 3.32. The van der Waals surface area contributed by atoms with Crippen molar-refractivity contribution < 1.29 is 32.9 Å². The summed E-state index contributed by atoms with van der Waals surface area (Å²) in [5.41, 5.74) is 0. The molecule has 0 aliphatic heterocycles. The number of allylic oxidation sites excluding steroid dienone is 23. The van der Waals surface area contributed by atoms with Crippen molar-refractivity contribution in [3.63, 3.8) is 0 Å². The molecule has 0 rings (SSSR count). The average molecular weight is 990 g/mol. The summed E-state index contributed by atoms with van der Waals surface area (Å²) in [7, 11) is 1.52. The molecule has 0 aliphatic rings. The number of carbonyl (C=O) groups is 1. The van der Waals surface area contributed by atoms with Crippen molar-refractivity contribution in [1.29, 1.82) is 0 Å². The van der Waals surface area contributed by atoms with Crippen molar-refractivity contribution in [3.05, 3.63) is 146 Å². The molecular formula is C61H102N2O6P+. The summed E-state index contributed by atoms with van der Waals surface area (Å²) in [5, 5.41) is 13.8. The first-order chi connectivity index (χ1) is 34.0. The summed E-state index contributed by atoms with van der Waals surface area (Å²) >= 11 is 0.